The maximum Gasteiger partial charge on any atom is 0.177 e. The molecule has 0 amide bonds. The number of para-hydroxylation sites is 1. The van der Waals surface area contributed by atoms with Crippen molar-refractivity contribution in [3.8, 4) is 12.3 Å². The molecule has 1 N–H and O–H groups in total. The monoisotopic (exact) mass is 378 g/mol. The molecule has 5 heteroatoms. The number of Topliss-reactive ketones (excluding diaryl/α,β-unsaturated/α-hetero) is 1. The third kappa shape index (κ3) is 3.55. The van der Waals surface area contributed by atoms with E-state index in [2.05, 4.69) is 34.7 Å². The van der Waals surface area contributed by atoms with Gasteiger partial charge in [0.25, 0.3) is 0 Å². The SMILES string of the molecule is C#CCO/N=C(/CCC)C1=C(O)CC(c2c(C)c3ccccc3n2C)CC1=O. The second-order valence-corrected chi connectivity index (χ2v) is 7.20. The highest BCUT2D eigenvalue weighted by Crippen LogP contribution is 2.39. The Bertz CT molecular complexity index is 966. The molecule has 1 aromatic heterocycles. The molecule has 1 heterocycles. The molecule has 1 atom stereocenters. The van der Waals surface area contributed by atoms with Gasteiger partial charge in [-0.15, -0.1) is 6.42 Å². The molecule has 1 aliphatic rings. The Hall–Kier alpha value is -3.00. The van der Waals surface area contributed by atoms with Gasteiger partial charge in [0, 0.05) is 42.4 Å². The Morgan fingerprint density at radius 3 is 2.79 bits per heavy atom. The normalized spacial score (nSPS) is 17.9. The van der Waals surface area contributed by atoms with Crippen molar-refractivity contribution in [2.24, 2.45) is 12.2 Å². The van der Waals surface area contributed by atoms with Crippen molar-refractivity contribution in [3.05, 3.63) is 46.9 Å². The fourth-order valence-electron chi connectivity index (χ4n) is 4.20. The van der Waals surface area contributed by atoms with Gasteiger partial charge >= 0.3 is 0 Å². The van der Waals surface area contributed by atoms with E-state index in [-0.39, 0.29) is 24.1 Å². The van der Waals surface area contributed by atoms with Gasteiger partial charge in [0.2, 0.25) is 0 Å². The molecule has 28 heavy (non-hydrogen) atoms. The van der Waals surface area contributed by atoms with Gasteiger partial charge in [0.1, 0.15) is 5.76 Å². The van der Waals surface area contributed by atoms with Crippen molar-refractivity contribution in [1.82, 2.24) is 4.57 Å². The lowest BCUT2D eigenvalue weighted by Crippen LogP contribution is -2.25. The fraction of sp³-hybridized carbons (Fsp3) is 0.391. The topological polar surface area (TPSA) is 63.8 Å². The minimum Gasteiger partial charge on any atom is -0.511 e. The van der Waals surface area contributed by atoms with E-state index >= 15 is 0 Å². The van der Waals surface area contributed by atoms with Gasteiger partial charge in [-0.3, -0.25) is 4.79 Å². The fourth-order valence-corrected chi connectivity index (χ4v) is 4.20. The lowest BCUT2D eigenvalue weighted by Gasteiger charge is -2.25. The molecule has 0 spiro atoms. The Labute approximate surface area is 165 Å². The predicted molar refractivity (Wildman–Crippen MR) is 111 cm³/mol. The van der Waals surface area contributed by atoms with E-state index in [4.69, 9.17) is 11.3 Å². The third-order valence-electron chi connectivity index (χ3n) is 5.34. The third-order valence-corrected chi connectivity index (χ3v) is 5.34. The van der Waals surface area contributed by atoms with Crippen molar-refractivity contribution in [2.45, 2.75) is 45.4 Å². The summed E-state index contributed by atoms with van der Waals surface area (Å²) in [4.78, 5) is 18.1. The number of carbonyl (C=O) groups excluding carboxylic acids is 1. The number of benzene rings is 1. The highest BCUT2D eigenvalue weighted by molar-refractivity contribution is 6.23. The van der Waals surface area contributed by atoms with E-state index in [0.29, 0.717) is 30.5 Å². The van der Waals surface area contributed by atoms with Crippen LogP contribution < -0.4 is 0 Å². The van der Waals surface area contributed by atoms with Crippen LogP contribution in [0.3, 0.4) is 0 Å². The standard InChI is InChI=1S/C23H26N2O3/c1-5-9-18(24-28-12-6-2)22-20(26)13-16(14-21(22)27)23-15(3)17-10-7-8-11-19(17)25(23)4/h2,7-8,10-11,16,26H,5,9,12-14H2,1,3-4H3/b24-18-. The van der Waals surface area contributed by atoms with E-state index in [0.717, 1.165) is 23.2 Å². The van der Waals surface area contributed by atoms with Gasteiger partial charge < -0.3 is 14.5 Å². The number of ketones is 1. The lowest BCUT2D eigenvalue weighted by molar-refractivity contribution is -0.116. The summed E-state index contributed by atoms with van der Waals surface area (Å²) in [6.45, 7) is 4.10. The van der Waals surface area contributed by atoms with Crippen molar-refractivity contribution in [3.63, 3.8) is 0 Å². The summed E-state index contributed by atoms with van der Waals surface area (Å²) in [5.41, 5.74) is 4.16. The summed E-state index contributed by atoms with van der Waals surface area (Å²) in [5.74, 6) is 2.27. The van der Waals surface area contributed by atoms with Crippen LogP contribution in [-0.4, -0.2) is 27.8 Å². The molecule has 0 saturated heterocycles. The van der Waals surface area contributed by atoms with Crippen molar-refractivity contribution >= 4 is 22.4 Å². The van der Waals surface area contributed by atoms with Gasteiger partial charge in [-0.1, -0.05) is 42.6 Å². The first-order valence-corrected chi connectivity index (χ1v) is 9.61. The number of hydrogen-bond acceptors (Lipinski definition) is 4. The maximum absolute atomic E-state index is 13.0. The second-order valence-electron chi connectivity index (χ2n) is 7.20. The van der Waals surface area contributed by atoms with Crippen LogP contribution in [0.2, 0.25) is 0 Å². The largest absolute Gasteiger partial charge is 0.511 e. The quantitative estimate of drug-likeness (QED) is 0.347. The smallest absolute Gasteiger partial charge is 0.177 e. The van der Waals surface area contributed by atoms with Gasteiger partial charge in [0.15, 0.2) is 12.4 Å². The number of nitrogens with zero attached hydrogens (tertiary/aromatic N) is 2. The first-order valence-electron chi connectivity index (χ1n) is 9.61. The molecule has 146 valence electrons. The number of aromatic nitrogens is 1. The van der Waals surface area contributed by atoms with Crippen LogP contribution in [0.15, 0.2) is 40.8 Å². The summed E-state index contributed by atoms with van der Waals surface area (Å²) in [6, 6.07) is 8.20. The number of fused-ring (bicyclic) bond motifs is 1. The van der Waals surface area contributed by atoms with Crippen LogP contribution in [0.5, 0.6) is 0 Å². The molecule has 1 aliphatic carbocycles. The van der Waals surface area contributed by atoms with Gasteiger partial charge in [-0.25, -0.2) is 0 Å². The highest BCUT2D eigenvalue weighted by atomic mass is 16.6. The van der Waals surface area contributed by atoms with E-state index in [1.54, 1.807) is 0 Å². The number of hydrogen-bond donors (Lipinski definition) is 1. The van der Waals surface area contributed by atoms with Gasteiger partial charge in [-0.05, 0) is 25.0 Å². The van der Waals surface area contributed by atoms with Crippen LogP contribution >= 0.6 is 0 Å². The molecule has 0 fully saturated rings. The summed E-state index contributed by atoms with van der Waals surface area (Å²) in [5, 5.41) is 16.0. The summed E-state index contributed by atoms with van der Waals surface area (Å²) < 4.78 is 2.14. The molecule has 1 unspecified atom stereocenters. The van der Waals surface area contributed by atoms with Crippen LogP contribution in [0.4, 0.5) is 0 Å². The Morgan fingerprint density at radius 1 is 1.39 bits per heavy atom. The molecule has 0 aliphatic heterocycles. The molecular weight excluding hydrogens is 352 g/mol. The number of allylic oxidation sites excluding steroid dienone is 2. The average molecular weight is 378 g/mol. The van der Waals surface area contributed by atoms with Crippen LogP contribution in [0.1, 0.15) is 49.8 Å². The molecule has 0 bridgehead atoms. The molecular formula is C23H26N2O3. The van der Waals surface area contributed by atoms with Gasteiger partial charge in [0.05, 0.1) is 11.3 Å². The maximum atomic E-state index is 13.0. The van der Waals surface area contributed by atoms with Crippen molar-refractivity contribution in [1.29, 1.82) is 0 Å². The minimum absolute atomic E-state index is 0.0349. The van der Waals surface area contributed by atoms with Crippen LogP contribution in [0.25, 0.3) is 10.9 Å². The first-order chi connectivity index (χ1) is 13.5. The van der Waals surface area contributed by atoms with Crippen molar-refractivity contribution < 1.29 is 14.7 Å². The molecule has 2 aromatic rings. The Balaban J connectivity index is 1.98. The number of carbonyl (C=O) groups is 1. The first kappa shape index (κ1) is 19.8. The Kier molecular flexibility index (Phi) is 5.89. The van der Waals surface area contributed by atoms with Gasteiger partial charge in [-0.2, -0.15) is 0 Å². The zero-order chi connectivity index (χ0) is 20.3. The van der Waals surface area contributed by atoms with E-state index < -0.39 is 0 Å². The molecule has 5 nitrogen and oxygen atoms in total. The molecule has 1 aromatic carbocycles. The zero-order valence-electron chi connectivity index (χ0n) is 16.7. The summed E-state index contributed by atoms with van der Waals surface area (Å²) >= 11 is 0. The number of oxime groups is 1. The summed E-state index contributed by atoms with van der Waals surface area (Å²) in [6.07, 6.45) is 7.27. The second kappa shape index (κ2) is 8.35. The number of aliphatic hydroxyl groups excluding tert-OH is 1. The zero-order valence-corrected chi connectivity index (χ0v) is 16.7. The molecule has 3 rings (SSSR count). The highest BCUT2D eigenvalue weighted by Gasteiger charge is 2.33. The van der Waals surface area contributed by atoms with E-state index in [9.17, 15) is 9.90 Å². The van der Waals surface area contributed by atoms with E-state index in [1.807, 2.05) is 26.1 Å². The number of rotatable bonds is 6. The molecule has 0 saturated carbocycles. The number of terminal acetylenes is 1. The molecule has 0 radical (unpaired) electrons. The van der Waals surface area contributed by atoms with E-state index in [1.165, 1.54) is 5.39 Å². The summed E-state index contributed by atoms with van der Waals surface area (Å²) in [7, 11) is 2.02. The van der Waals surface area contributed by atoms with Crippen LogP contribution in [-0.2, 0) is 16.7 Å². The average Bonchev–Trinajstić information content (AvgIpc) is 2.92. The number of aliphatic hydroxyl groups is 1. The van der Waals surface area contributed by atoms with Crippen molar-refractivity contribution in [2.75, 3.05) is 6.61 Å². The minimum atomic E-state index is -0.102. The Morgan fingerprint density at radius 2 is 2.14 bits per heavy atom. The van der Waals surface area contributed by atoms with Crippen LogP contribution in [0, 0.1) is 19.3 Å². The lowest BCUT2D eigenvalue weighted by atomic mass is 9.81. The number of aryl methyl sites for hydroxylation is 2. The predicted octanol–water partition coefficient (Wildman–Crippen LogP) is 4.55.